The van der Waals surface area contributed by atoms with Gasteiger partial charge in [-0.1, -0.05) is 6.07 Å². The number of aryl methyl sites for hydroxylation is 1. The molecule has 150 valence electrons. The highest BCUT2D eigenvalue weighted by Gasteiger charge is 2.33. The zero-order valence-corrected chi connectivity index (χ0v) is 16.9. The van der Waals surface area contributed by atoms with E-state index in [1.54, 1.807) is 24.5 Å². The zero-order chi connectivity index (χ0) is 20.1. The van der Waals surface area contributed by atoms with Crippen LogP contribution in [0, 0.1) is 12.8 Å². The molecule has 0 radical (unpaired) electrons. The van der Waals surface area contributed by atoms with E-state index in [1.165, 1.54) is 11.4 Å². The molecule has 3 rings (SSSR count). The summed E-state index contributed by atoms with van der Waals surface area (Å²) in [7, 11) is -2.20. The Kier molecular flexibility index (Phi) is 6.31. The predicted octanol–water partition coefficient (Wildman–Crippen LogP) is 2.12. The van der Waals surface area contributed by atoms with Crippen LogP contribution in [0.3, 0.4) is 0 Å². The van der Waals surface area contributed by atoms with Crippen molar-refractivity contribution in [3.63, 3.8) is 0 Å². The highest BCUT2D eigenvalue weighted by atomic mass is 32.2. The van der Waals surface area contributed by atoms with E-state index >= 15 is 0 Å². The van der Waals surface area contributed by atoms with Crippen LogP contribution >= 0.6 is 0 Å². The third kappa shape index (κ3) is 4.51. The highest BCUT2D eigenvalue weighted by Crippen LogP contribution is 2.30. The largest absolute Gasteiger partial charge is 0.495 e. The Morgan fingerprint density at radius 1 is 1.21 bits per heavy atom. The molecule has 2 heterocycles. The van der Waals surface area contributed by atoms with Crippen LogP contribution in [0.15, 0.2) is 47.6 Å². The van der Waals surface area contributed by atoms with Gasteiger partial charge in [-0.3, -0.25) is 9.78 Å². The molecule has 1 fully saturated rings. The molecule has 2 aromatic rings. The van der Waals surface area contributed by atoms with E-state index < -0.39 is 10.0 Å². The lowest BCUT2D eigenvalue weighted by atomic mass is 9.97. The van der Waals surface area contributed by atoms with Crippen molar-refractivity contribution in [1.82, 2.24) is 14.6 Å². The van der Waals surface area contributed by atoms with E-state index in [4.69, 9.17) is 4.74 Å². The van der Waals surface area contributed by atoms with E-state index in [0.29, 0.717) is 38.2 Å². The van der Waals surface area contributed by atoms with Crippen LogP contribution in [0.4, 0.5) is 0 Å². The van der Waals surface area contributed by atoms with Crippen LogP contribution in [0.2, 0.25) is 0 Å². The van der Waals surface area contributed by atoms with Gasteiger partial charge in [-0.05, 0) is 55.2 Å². The van der Waals surface area contributed by atoms with Crippen molar-refractivity contribution in [2.45, 2.75) is 31.2 Å². The SMILES string of the molecule is COc1ccc(C)cc1S(=O)(=O)N1CCC(C(=O)NCc2ccncc2)CC1. The minimum absolute atomic E-state index is 0.0398. The van der Waals surface area contributed by atoms with Crippen molar-refractivity contribution in [2.24, 2.45) is 5.92 Å². The van der Waals surface area contributed by atoms with Crippen molar-refractivity contribution in [2.75, 3.05) is 20.2 Å². The molecule has 1 N–H and O–H groups in total. The van der Waals surface area contributed by atoms with Crippen molar-refractivity contribution in [3.05, 3.63) is 53.9 Å². The molecule has 28 heavy (non-hydrogen) atoms. The minimum atomic E-state index is -3.66. The Labute approximate surface area is 165 Å². The first-order valence-corrected chi connectivity index (χ1v) is 10.7. The second-order valence-electron chi connectivity index (χ2n) is 6.91. The van der Waals surface area contributed by atoms with E-state index in [-0.39, 0.29) is 16.7 Å². The third-order valence-electron chi connectivity index (χ3n) is 4.98. The fraction of sp³-hybridized carbons (Fsp3) is 0.400. The maximum absolute atomic E-state index is 13.0. The number of rotatable bonds is 6. The number of carbonyl (C=O) groups excluding carboxylic acids is 1. The lowest BCUT2D eigenvalue weighted by Gasteiger charge is -2.31. The first kappa shape index (κ1) is 20.3. The number of sulfonamides is 1. The summed E-state index contributed by atoms with van der Waals surface area (Å²) in [4.78, 5) is 16.6. The van der Waals surface area contributed by atoms with Gasteiger partial charge in [-0.25, -0.2) is 8.42 Å². The van der Waals surface area contributed by atoms with Crippen LogP contribution in [0.1, 0.15) is 24.0 Å². The summed E-state index contributed by atoms with van der Waals surface area (Å²) >= 11 is 0. The number of hydrogen-bond acceptors (Lipinski definition) is 5. The number of ether oxygens (including phenoxy) is 1. The fourth-order valence-electron chi connectivity index (χ4n) is 3.32. The minimum Gasteiger partial charge on any atom is -0.495 e. The average Bonchev–Trinajstić information content (AvgIpc) is 2.73. The summed E-state index contributed by atoms with van der Waals surface area (Å²) in [5.74, 6) is 0.109. The smallest absolute Gasteiger partial charge is 0.246 e. The van der Waals surface area contributed by atoms with E-state index in [2.05, 4.69) is 10.3 Å². The van der Waals surface area contributed by atoms with Gasteiger partial charge in [0, 0.05) is 37.9 Å². The molecule has 7 nitrogen and oxygen atoms in total. The van der Waals surface area contributed by atoms with Crippen LogP contribution in [-0.2, 0) is 21.4 Å². The summed E-state index contributed by atoms with van der Waals surface area (Å²) in [6.07, 6.45) is 4.36. The number of pyridine rings is 1. The number of carbonyl (C=O) groups is 1. The summed E-state index contributed by atoms with van der Waals surface area (Å²) in [5, 5.41) is 2.92. The van der Waals surface area contributed by atoms with Crippen molar-refractivity contribution >= 4 is 15.9 Å². The number of piperidine rings is 1. The standard InChI is InChI=1S/C20H25N3O4S/c1-15-3-4-18(27-2)19(13-15)28(25,26)23-11-7-17(8-12-23)20(24)22-14-16-5-9-21-10-6-16/h3-6,9-10,13,17H,7-8,11-12,14H2,1-2H3,(H,22,24). The number of benzene rings is 1. The van der Waals surface area contributed by atoms with E-state index in [0.717, 1.165) is 11.1 Å². The monoisotopic (exact) mass is 403 g/mol. The van der Waals surface area contributed by atoms with Crippen molar-refractivity contribution in [3.8, 4) is 5.75 Å². The molecule has 1 amide bonds. The molecule has 0 saturated carbocycles. The van der Waals surface area contributed by atoms with Gasteiger partial charge in [0.2, 0.25) is 15.9 Å². The zero-order valence-electron chi connectivity index (χ0n) is 16.1. The molecule has 1 aliphatic heterocycles. The molecule has 1 aromatic carbocycles. The molecule has 1 aliphatic rings. The van der Waals surface area contributed by atoms with Gasteiger partial charge in [-0.15, -0.1) is 0 Å². The number of methoxy groups -OCH3 is 1. The van der Waals surface area contributed by atoms with E-state index in [1.807, 2.05) is 25.1 Å². The topological polar surface area (TPSA) is 88.6 Å². The molecular formula is C20H25N3O4S. The molecular weight excluding hydrogens is 378 g/mol. The quantitative estimate of drug-likeness (QED) is 0.798. The van der Waals surface area contributed by atoms with Crippen LogP contribution in [0.5, 0.6) is 5.75 Å². The van der Waals surface area contributed by atoms with Gasteiger partial charge in [0.05, 0.1) is 7.11 Å². The summed E-state index contributed by atoms with van der Waals surface area (Å²) < 4.78 is 32.8. The van der Waals surface area contributed by atoms with Gasteiger partial charge >= 0.3 is 0 Å². The van der Waals surface area contributed by atoms with Gasteiger partial charge in [0.25, 0.3) is 0 Å². The van der Waals surface area contributed by atoms with Gasteiger partial charge in [-0.2, -0.15) is 4.31 Å². The Morgan fingerprint density at radius 2 is 1.89 bits per heavy atom. The Hall–Kier alpha value is -2.45. The molecule has 0 aliphatic carbocycles. The molecule has 1 saturated heterocycles. The molecule has 0 unspecified atom stereocenters. The fourth-order valence-corrected chi connectivity index (χ4v) is 5.03. The maximum atomic E-state index is 13.0. The molecule has 1 aromatic heterocycles. The second-order valence-corrected chi connectivity index (χ2v) is 8.81. The number of nitrogens with one attached hydrogen (secondary N) is 1. The van der Waals surface area contributed by atoms with Crippen LogP contribution in [-0.4, -0.2) is 43.8 Å². The summed E-state index contributed by atoms with van der Waals surface area (Å²) in [6, 6.07) is 8.82. The Bertz CT molecular complexity index is 924. The summed E-state index contributed by atoms with van der Waals surface area (Å²) in [5.41, 5.74) is 1.83. The maximum Gasteiger partial charge on any atom is 0.246 e. The van der Waals surface area contributed by atoms with Gasteiger partial charge < -0.3 is 10.1 Å². The number of aromatic nitrogens is 1. The number of amides is 1. The van der Waals surface area contributed by atoms with Gasteiger partial charge in [0.15, 0.2) is 0 Å². The van der Waals surface area contributed by atoms with Crippen LogP contribution < -0.4 is 10.1 Å². The van der Waals surface area contributed by atoms with E-state index in [9.17, 15) is 13.2 Å². The average molecular weight is 404 g/mol. The molecule has 8 heteroatoms. The third-order valence-corrected chi connectivity index (χ3v) is 6.90. The molecule has 0 atom stereocenters. The lowest BCUT2D eigenvalue weighted by molar-refractivity contribution is -0.126. The predicted molar refractivity (Wildman–Crippen MR) is 105 cm³/mol. The second kappa shape index (κ2) is 8.70. The number of nitrogens with zero attached hydrogens (tertiary/aromatic N) is 2. The Morgan fingerprint density at radius 3 is 2.54 bits per heavy atom. The first-order valence-electron chi connectivity index (χ1n) is 9.23. The normalized spacial score (nSPS) is 15.9. The molecule has 0 bridgehead atoms. The van der Waals surface area contributed by atoms with Gasteiger partial charge in [0.1, 0.15) is 10.6 Å². The first-order chi connectivity index (χ1) is 13.4. The highest BCUT2D eigenvalue weighted by molar-refractivity contribution is 7.89. The number of hydrogen-bond donors (Lipinski definition) is 1. The molecule has 0 spiro atoms. The lowest BCUT2D eigenvalue weighted by Crippen LogP contribution is -2.42. The van der Waals surface area contributed by atoms with Crippen molar-refractivity contribution in [1.29, 1.82) is 0 Å². The van der Waals surface area contributed by atoms with Crippen LogP contribution in [0.25, 0.3) is 0 Å². The summed E-state index contributed by atoms with van der Waals surface area (Å²) in [6.45, 7) is 2.91. The van der Waals surface area contributed by atoms with Crippen molar-refractivity contribution < 1.29 is 17.9 Å². The Balaban J connectivity index is 1.61.